The summed E-state index contributed by atoms with van der Waals surface area (Å²) in [5, 5.41) is 2.45. The Bertz CT molecular complexity index is 1260. The van der Waals surface area contributed by atoms with Gasteiger partial charge in [-0.2, -0.15) is 17.5 Å². The molecule has 208 valence electrons. The zero-order valence-corrected chi connectivity index (χ0v) is 21.2. The fraction of sp³-hybridized carbons (Fsp3) is 0.520. The first-order chi connectivity index (χ1) is 17.8. The number of aromatic nitrogens is 1. The molecule has 2 aromatic rings. The van der Waals surface area contributed by atoms with Crippen LogP contribution in [0.4, 0.5) is 26.3 Å². The van der Waals surface area contributed by atoms with E-state index in [-0.39, 0.29) is 48.6 Å². The normalized spacial score (nSPS) is 26.9. The fourth-order valence-electron chi connectivity index (χ4n) is 5.17. The lowest BCUT2D eigenvalue weighted by molar-refractivity contribution is -0.182. The van der Waals surface area contributed by atoms with E-state index in [9.17, 15) is 39.6 Å². The van der Waals surface area contributed by atoms with Crippen LogP contribution < -0.4 is 5.32 Å². The molecule has 2 heterocycles. The molecule has 2 fully saturated rings. The molecule has 1 aromatic heterocycles. The quantitative estimate of drug-likeness (QED) is 0.502. The summed E-state index contributed by atoms with van der Waals surface area (Å²) < 4.78 is 108. The molecular weight excluding hydrogens is 536 g/mol. The third kappa shape index (κ3) is 5.83. The van der Waals surface area contributed by atoms with Gasteiger partial charge >= 0.3 is 6.18 Å². The Kier molecular flexibility index (Phi) is 8.08. The molecule has 1 aromatic carbocycles. The number of sulfonamides is 1. The van der Waals surface area contributed by atoms with Gasteiger partial charge in [0, 0.05) is 30.1 Å². The van der Waals surface area contributed by atoms with Crippen molar-refractivity contribution >= 4 is 15.9 Å². The second-order valence-electron chi connectivity index (χ2n) is 9.81. The first kappa shape index (κ1) is 28.3. The minimum atomic E-state index is -4.36. The summed E-state index contributed by atoms with van der Waals surface area (Å²) in [7, 11) is -4.36. The van der Waals surface area contributed by atoms with Crippen LogP contribution in [0, 0.1) is 17.6 Å². The molecule has 6 nitrogen and oxygen atoms in total. The van der Waals surface area contributed by atoms with E-state index in [0.29, 0.717) is 5.69 Å². The molecule has 2 aliphatic rings. The van der Waals surface area contributed by atoms with E-state index < -0.39 is 64.3 Å². The molecule has 1 amide bonds. The standard InChI is InChI=1S/C25H27F6N3O3S/c1-14-20(27)11-23(34(14)38(36,37)19-8-6-18(26)7-9-19)24(35)33-12-16-10-22(32-13-21(16)28)15-2-4-17(5-3-15)25(29,30)31/h6-10,13-15,17,20,23H,2-5,11-12H2,1H3,(H,33,35)/t14-,15?,17?,20+,23-/m0/s1. The van der Waals surface area contributed by atoms with Crippen LogP contribution in [0.25, 0.3) is 0 Å². The number of carbonyl (C=O) groups excluding carboxylic acids is 1. The van der Waals surface area contributed by atoms with Gasteiger partial charge in [0.25, 0.3) is 0 Å². The Balaban J connectivity index is 1.46. The van der Waals surface area contributed by atoms with E-state index in [2.05, 4.69) is 10.3 Å². The predicted molar refractivity (Wildman–Crippen MR) is 125 cm³/mol. The van der Waals surface area contributed by atoms with Crippen LogP contribution in [-0.4, -0.2) is 48.0 Å². The van der Waals surface area contributed by atoms with Crippen molar-refractivity contribution in [3.05, 3.63) is 59.4 Å². The number of pyridine rings is 1. The summed E-state index contributed by atoms with van der Waals surface area (Å²) in [4.78, 5) is 16.7. The molecule has 0 spiro atoms. The van der Waals surface area contributed by atoms with Gasteiger partial charge < -0.3 is 5.32 Å². The lowest BCUT2D eigenvalue weighted by atomic mass is 9.80. The summed E-state index contributed by atoms with van der Waals surface area (Å²) in [5.41, 5.74) is 0.437. The number of halogens is 6. The number of nitrogens with one attached hydrogen (secondary N) is 1. The Hall–Kier alpha value is -2.67. The van der Waals surface area contributed by atoms with Gasteiger partial charge in [0.15, 0.2) is 0 Å². The molecule has 0 radical (unpaired) electrons. The second-order valence-corrected chi connectivity index (χ2v) is 11.6. The predicted octanol–water partition coefficient (Wildman–Crippen LogP) is 5.00. The van der Waals surface area contributed by atoms with Gasteiger partial charge in [0.1, 0.15) is 23.8 Å². The van der Waals surface area contributed by atoms with Crippen molar-refractivity contribution in [3.8, 4) is 0 Å². The molecule has 4 rings (SSSR count). The number of amides is 1. The molecule has 1 aliphatic heterocycles. The highest BCUT2D eigenvalue weighted by atomic mass is 32.2. The molecule has 1 saturated carbocycles. The summed E-state index contributed by atoms with van der Waals surface area (Å²) in [6.45, 7) is 0.964. The highest BCUT2D eigenvalue weighted by molar-refractivity contribution is 7.89. The van der Waals surface area contributed by atoms with Crippen molar-refractivity contribution in [1.82, 2.24) is 14.6 Å². The Morgan fingerprint density at radius 3 is 2.34 bits per heavy atom. The largest absolute Gasteiger partial charge is 0.391 e. The minimum Gasteiger partial charge on any atom is -0.351 e. The number of benzene rings is 1. The van der Waals surface area contributed by atoms with Crippen molar-refractivity contribution in [3.63, 3.8) is 0 Å². The smallest absolute Gasteiger partial charge is 0.351 e. The molecule has 0 bridgehead atoms. The van der Waals surface area contributed by atoms with Gasteiger partial charge in [-0.1, -0.05) is 0 Å². The highest BCUT2D eigenvalue weighted by Gasteiger charge is 2.49. The second kappa shape index (κ2) is 10.8. The Morgan fingerprint density at radius 2 is 1.74 bits per heavy atom. The van der Waals surface area contributed by atoms with Gasteiger partial charge in [-0.15, -0.1) is 0 Å². The maximum Gasteiger partial charge on any atom is 0.391 e. The average molecular weight is 564 g/mol. The van der Waals surface area contributed by atoms with Gasteiger partial charge in [-0.05, 0) is 62.9 Å². The maximum atomic E-state index is 14.6. The third-order valence-corrected chi connectivity index (χ3v) is 9.40. The van der Waals surface area contributed by atoms with Crippen LogP contribution in [0.2, 0.25) is 0 Å². The Labute approximate surface area is 216 Å². The monoisotopic (exact) mass is 563 g/mol. The summed E-state index contributed by atoms with van der Waals surface area (Å²) in [5.74, 6) is -3.92. The van der Waals surface area contributed by atoms with E-state index in [4.69, 9.17) is 0 Å². The van der Waals surface area contributed by atoms with Crippen molar-refractivity contribution in [2.24, 2.45) is 5.92 Å². The topological polar surface area (TPSA) is 79.4 Å². The lowest BCUT2D eigenvalue weighted by Gasteiger charge is -2.29. The summed E-state index contributed by atoms with van der Waals surface area (Å²) >= 11 is 0. The number of hydrogen-bond acceptors (Lipinski definition) is 4. The van der Waals surface area contributed by atoms with E-state index in [1.807, 2.05) is 0 Å². The first-order valence-electron chi connectivity index (χ1n) is 12.2. The van der Waals surface area contributed by atoms with E-state index in [0.717, 1.165) is 34.8 Å². The van der Waals surface area contributed by atoms with Crippen molar-refractivity contribution in [2.45, 2.75) is 80.8 Å². The third-order valence-electron chi connectivity index (χ3n) is 7.39. The van der Waals surface area contributed by atoms with Gasteiger partial charge in [-0.25, -0.2) is 21.6 Å². The van der Waals surface area contributed by atoms with Crippen LogP contribution >= 0.6 is 0 Å². The minimum absolute atomic E-state index is 0.0251. The highest BCUT2D eigenvalue weighted by Crippen LogP contribution is 2.42. The van der Waals surface area contributed by atoms with E-state index in [1.165, 1.54) is 13.0 Å². The Morgan fingerprint density at radius 1 is 1.11 bits per heavy atom. The van der Waals surface area contributed by atoms with Crippen LogP contribution in [0.3, 0.4) is 0 Å². The van der Waals surface area contributed by atoms with Crippen LogP contribution in [0.15, 0.2) is 41.4 Å². The van der Waals surface area contributed by atoms with Gasteiger partial charge in [-0.3, -0.25) is 9.78 Å². The molecule has 0 unspecified atom stereocenters. The van der Waals surface area contributed by atoms with Crippen LogP contribution in [-0.2, 0) is 21.4 Å². The van der Waals surface area contributed by atoms with E-state index in [1.54, 1.807) is 0 Å². The molecular formula is C25H27F6N3O3S. The molecule has 3 atom stereocenters. The van der Waals surface area contributed by atoms with E-state index >= 15 is 0 Å². The number of hydrogen-bond donors (Lipinski definition) is 1. The van der Waals surface area contributed by atoms with Crippen molar-refractivity contribution in [2.75, 3.05) is 0 Å². The van der Waals surface area contributed by atoms with Crippen LogP contribution in [0.1, 0.15) is 56.2 Å². The van der Waals surface area contributed by atoms with Crippen molar-refractivity contribution < 1.29 is 39.6 Å². The molecule has 38 heavy (non-hydrogen) atoms. The molecule has 13 heteroatoms. The molecule has 1 saturated heterocycles. The number of alkyl halides is 4. The number of carbonyl (C=O) groups is 1. The lowest BCUT2D eigenvalue weighted by Crippen LogP contribution is -2.48. The van der Waals surface area contributed by atoms with Crippen molar-refractivity contribution in [1.29, 1.82) is 0 Å². The number of rotatable bonds is 6. The van der Waals surface area contributed by atoms with Crippen LogP contribution in [0.5, 0.6) is 0 Å². The molecule has 1 aliphatic carbocycles. The van der Waals surface area contributed by atoms with Gasteiger partial charge in [0.2, 0.25) is 15.9 Å². The molecule has 1 N–H and O–H groups in total. The SMILES string of the molecule is C[C@H]1[C@H](F)C[C@@H](C(=O)NCc2cc(C3CCC(C(F)(F)F)CC3)ncc2F)N1S(=O)(=O)c1ccc(F)cc1. The zero-order valence-electron chi connectivity index (χ0n) is 20.4. The summed E-state index contributed by atoms with van der Waals surface area (Å²) in [6.07, 6.45) is -5.01. The zero-order chi connectivity index (χ0) is 27.8. The first-order valence-corrected chi connectivity index (χ1v) is 13.6. The summed E-state index contributed by atoms with van der Waals surface area (Å²) in [6, 6.07) is 2.72. The fourth-order valence-corrected chi connectivity index (χ4v) is 6.98. The van der Waals surface area contributed by atoms with Gasteiger partial charge in [0.05, 0.1) is 23.1 Å². The maximum absolute atomic E-state index is 14.6. The average Bonchev–Trinajstić information content (AvgIpc) is 3.18. The number of nitrogens with zero attached hydrogens (tertiary/aromatic N) is 2.